The third-order valence-corrected chi connectivity index (χ3v) is 3.84. The quantitative estimate of drug-likeness (QED) is 0.803. The first-order valence-electron chi connectivity index (χ1n) is 6.56. The zero-order chi connectivity index (χ0) is 17.9. The van der Waals surface area contributed by atoms with Crippen molar-refractivity contribution in [2.45, 2.75) is 0 Å². The lowest BCUT2D eigenvalue weighted by atomic mass is 10.1. The molecule has 0 heterocycles. The molecule has 124 valence electrons. The molecule has 0 saturated carbocycles. The lowest BCUT2D eigenvalue weighted by Gasteiger charge is -2.12. The number of nitrogens with one attached hydrogen (secondary N) is 1. The molecule has 0 saturated heterocycles. The summed E-state index contributed by atoms with van der Waals surface area (Å²) in [7, 11) is 1.21. The van der Waals surface area contributed by atoms with E-state index in [0.29, 0.717) is 0 Å². The van der Waals surface area contributed by atoms with Crippen LogP contribution in [0.1, 0.15) is 31.1 Å². The Morgan fingerprint density at radius 1 is 1.00 bits per heavy atom. The first-order valence-corrected chi connectivity index (χ1v) is 7.31. The Morgan fingerprint density at radius 3 is 2.17 bits per heavy atom. The molecule has 2 rings (SSSR count). The van der Waals surface area contributed by atoms with Crippen molar-refractivity contribution < 1.29 is 24.2 Å². The number of amides is 1. The number of carbonyl (C=O) groups excluding carboxylic acids is 2. The monoisotopic (exact) mass is 367 g/mol. The van der Waals surface area contributed by atoms with E-state index in [1.165, 1.54) is 19.2 Å². The second kappa shape index (κ2) is 7.33. The Labute approximate surface area is 146 Å². The molecule has 0 spiro atoms. The Bertz CT molecular complexity index is 835. The van der Waals surface area contributed by atoms with Gasteiger partial charge in [-0.25, -0.2) is 9.59 Å². The van der Waals surface area contributed by atoms with Gasteiger partial charge in [0.25, 0.3) is 5.91 Å². The molecule has 0 aliphatic carbocycles. The van der Waals surface area contributed by atoms with Crippen LogP contribution in [0.3, 0.4) is 0 Å². The van der Waals surface area contributed by atoms with Crippen molar-refractivity contribution >= 4 is 46.7 Å². The highest BCUT2D eigenvalue weighted by Crippen LogP contribution is 2.27. The predicted molar refractivity (Wildman–Crippen MR) is 89.2 cm³/mol. The van der Waals surface area contributed by atoms with Gasteiger partial charge in [-0.15, -0.1) is 0 Å². The van der Waals surface area contributed by atoms with Gasteiger partial charge in [0.05, 0.1) is 39.5 Å². The van der Waals surface area contributed by atoms with Crippen molar-refractivity contribution in [1.29, 1.82) is 0 Å². The smallest absolute Gasteiger partial charge is 0.339 e. The number of carboxylic acids is 1. The second-order valence-electron chi connectivity index (χ2n) is 4.61. The molecule has 0 aromatic heterocycles. The number of para-hydroxylation sites is 1. The number of hydrogen-bond donors (Lipinski definition) is 2. The molecular formula is C16H11Cl2NO5. The summed E-state index contributed by atoms with van der Waals surface area (Å²) in [5.74, 6) is -2.72. The van der Waals surface area contributed by atoms with Crippen molar-refractivity contribution in [3.63, 3.8) is 0 Å². The SMILES string of the molecule is COC(=O)c1ccccc1NC(=O)c1cc(Cl)c(Cl)cc1C(=O)O. The second-order valence-corrected chi connectivity index (χ2v) is 5.42. The number of esters is 1. The number of carbonyl (C=O) groups is 3. The van der Waals surface area contributed by atoms with Crippen molar-refractivity contribution in [1.82, 2.24) is 0 Å². The van der Waals surface area contributed by atoms with Gasteiger partial charge in [-0.05, 0) is 24.3 Å². The van der Waals surface area contributed by atoms with Crippen molar-refractivity contribution in [3.05, 3.63) is 63.1 Å². The molecule has 0 aliphatic heterocycles. The van der Waals surface area contributed by atoms with E-state index < -0.39 is 17.8 Å². The summed E-state index contributed by atoms with van der Waals surface area (Å²) in [6, 6.07) is 8.41. The van der Waals surface area contributed by atoms with Crippen molar-refractivity contribution in [3.8, 4) is 0 Å². The van der Waals surface area contributed by atoms with Gasteiger partial charge in [-0.1, -0.05) is 35.3 Å². The van der Waals surface area contributed by atoms with Crippen LogP contribution in [0.2, 0.25) is 10.0 Å². The molecule has 2 aromatic carbocycles. The van der Waals surface area contributed by atoms with E-state index in [4.69, 9.17) is 23.2 Å². The van der Waals surface area contributed by atoms with Gasteiger partial charge in [-0.2, -0.15) is 0 Å². The van der Waals surface area contributed by atoms with Gasteiger partial charge in [-0.3, -0.25) is 4.79 Å². The predicted octanol–water partition coefficient (Wildman–Crippen LogP) is 3.73. The third-order valence-electron chi connectivity index (χ3n) is 3.12. The highest BCUT2D eigenvalue weighted by Gasteiger charge is 2.21. The van der Waals surface area contributed by atoms with E-state index in [0.717, 1.165) is 12.1 Å². The topological polar surface area (TPSA) is 92.7 Å². The minimum absolute atomic E-state index is 0.0144. The van der Waals surface area contributed by atoms with Crippen LogP contribution in [0.15, 0.2) is 36.4 Å². The summed E-state index contributed by atoms with van der Waals surface area (Å²) < 4.78 is 4.64. The molecule has 2 N–H and O–H groups in total. The van der Waals surface area contributed by atoms with Gasteiger partial charge in [0, 0.05) is 0 Å². The highest BCUT2D eigenvalue weighted by molar-refractivity contribution is 6.42. The summed E-state index contributed by atoms with van der Waals surface area (Å²) in [6.07, 6.45) is 0. The molecular weight excluding hydrogens is 357 g/mol. The van der Waals surface area contributed by atoms with Crippen LogP contribution >= 0.6 is 23.2 Å². The Morgan fingerprint density at radius 2 is 1.58 bits per heavy atom. The maximum Gasteiger partial charge on any atom is 0.339 e. The summed E-state index contributed by atoms with van der Waals surface area (Å²) in [4.78, 5) is 35.5. The van der Waals surface area contributed by atoms with Crippen LogP contribution in [0.5, 0.6) is 0 Å². The number of aromatic carboxylic acids is 1. The average Bonchev–Trinajstić information content (AvgIpc) is 2.56. The lowest BCUT2D eigenvalue weighted by Crippen LogP contribution is -2.18. The third kappa shape index (κ3) is 3.67. The van der Waals surface area contributed by atoms with Gasteiger partial charge in [0.15, 0.2) is 0 Å². The van der Waals surface area contributed by atoms with E-state index in [9.17, 15) is 19.5 Å². The van der Waals surface area contributed by atoms with E-state index in [2.05, 4.69) is 10.1 Å². The summed E-state index contributed by atoms with van der Waals surface area (Å²) in [5.41, 5.74) is -0.184. The maximum atomic E-state index is 12.4. The van der Waals surface area contributed by atoms with Crippen LogP contribution in [-0.2, 0) is 4.74 Å². The number of ether oxygens (including phenoxy) is 1. The van der Waals surface area contributed by atoms with Crippen LogP contribution < -0.4 is 5.32 Å². The number of hydrogen-bond acceptors (Lipinski definition) is 4. The van der Waals surface area contributed by atoms with E-state index >= 15 is 0 Å². The fraction of sp³-hybridized carbons (Fsp3) is 0.0625. The molecule has 24 heavy (non-hydrogen) atoms. The molecule has 6 nitrogen and oxygen atoms in total. The van der Waals surface area contributed by atoms with Crippen molar-refractivity contribution in [2.24, 2.45) is 0 Å². The fourth-order valence-corrected chi connectivity index (χ4v) is 2.31. The van der Waals surface area contributed by atoms with Crippen LogP contribution in [0.4, 0.5) is 5.69 Å². The zero-order valence-electron chi connectivity index (χ0n) is 12.3. The number of halogens is 2. The molecule has 1 amide bonds. The molecule has 0 bridgehead atoms. The lowest BCUT2D eigenvalue weighted by molar-refractivity contribution is 0.0601. The molecule has 8 heteroatoms. The normalized spacial score (nSPS) is 10.1. The zero-order valence-corrected chi connectivity index (χ0v) is 13.8. The van der Waals surface area contributed by atoms with Gasteiger partial charge >= 0.3 is 11.9 Å². The number of anilines is 1. The Kier molecular flexibility index (Phi) is 5.43. The standard InChI is InChI=1S/C16H11Cl2NO5/c1-24-16(23)8-4-2-3-5-13(8)19-14(20)9-6-11(17)12(18)7-10(9)15(21)22/h2-7H,1H3,(H,19,20)(H,21,22). The summed E-state index contributed by atoms with van der Waals surface area (Å²) in [5, 5.41) is 11.7. The molecule has 0 unspecified atom stereocenters. The number of carboxylic acid groups (broad SMARTS) is 1. The van der Waals surface area contributed by atoms with Gasteiger partial charge < -0.3 is 15.2 Å². The molecule has 2 aromatic rings. The fourth-order valence-electron chi connectivity index (χ4n) is 1.98. The number of rotatable bonds is 4. The largest absolute Gasteiger partial charge is 0.478 e. The molecule has 0 aliphatic rings. The summed E-state index contributed by atoms with van der Waals surface area (Å²) >= 11 is 11.7. The first kappa shape index (κ1) is 17.8. The minimum atomic E-state index is -1.33. The van der Waals surface area contributed by atoms with E-state index in [1.54, 1.807) is 12.1 Å². The van der Waals surface area contributed by atoms with Crippen LogP contribution in [0.25, 0.3) is 0 Å². The average molecular weight is 368 g/mol. The minimum Gasteiger partial charge on any atom is -0.478 e. The van der Waals surface area contributed by atoms with Gasteiger partial charge in [0.2, 0.25) is 0 Å². The van der Waals surface area contributed by atoms with E-state index in [-0.39, 0.29) is 32.4 Å². The number of methoxy groups -OCH3 is 1. The molecule has 0 radical (unpaired) electrons. The molecule has 0 fully saturated rings. The summed E-state index contributed by atoms with van der Waals surface area (Å²) in [6.45, 7) is 0. The van der Waals surface area contributed by atoms with Crippen LogP contribution in [0, 0.1) is 0 Å². The Hall–Kier alpha value is -2.57. The van der Waals surface area contributed by atoms with Crippen LogP contribution in [-0.4, -0.2) is 30.1 Å². The van der Waals surface area contributed by atoms with Gasteiger partial charge in [0.1, 0.15) is 0 Å². The highest BCUT2D eigenvalue weighted by atomic mass is 35.5. The maximum absolute atomic E-state index is 12.4. The first-order chi connectivity index (χ1) is 11.3. The molecule has 0 atom stereocenters. The number of benzene rings is 2. The van der Waals surface area contributed by atoms with E-state index in [1.807, 2.05) is 0 Å². The van der Waals surface area contributed by atoms with Crippen molar-refractivity contribution in [2.75, 3.05) is 12.4 Å². The Balaban J connectivity index is 2.43.